The summed E-state index contributed by atoms with van der Waals surface area (Å²) in [6.07, 6.45) is 5.53. The summed E-state index contributed by atoms with van der Waals surface area (Å²) in [5.74, 6) is 0.426. The molecule has 0 amide bonds. The van der Waals surface area contributed by atoms with Crippen LogP contribution in [0.1, 0.15) is 42.4 Å². The number of nitrogens with one attached hydrogen (secondary N) is 1. The average Bonchev–Trinajstić information content (AvgIpc) is 2.94. The fourth-order valence-electron chi connectivity index (χ4n) is 3.16. The van der Waals surface area contributed by atoms with E-state index in [2.05, 4.69) is 29.4 Å². The van der Waals surface area contributed by atoms with Gasteiger partial charge in [-0.05, 0) is 50.4 Å². The van der Waals surface area contributed by atoms with Crippen molar-refractivity contribution in [3.8, 4) is 5.75 Å². The molecule has 0 heterocycles. The molecule has 112 valence electrons. The van der Waals surface area contributed by atoms with E-state index in [4.69, 9.17) is 0 Å². The Hall–Kier alpha value is -1.06. The van der Waals surface area contributed by atoms with Gasteiger partial charge in [0.05, 0.1) is 0 Å². The van der Waals surface area contributed by atoms with E-state index in [1.807, 2.05) is 13.8 Å². The normalized spacial score (nSPS) is 16.2. The quantitative estimate of drug-likeness (QED) is 0.784. The molecule has 2 N–H and O–H groups in total. The molecule has 1 aromatic rings. The molecule has 20 heavy (non-hydrogen) atoms. The highest BCUT2D eigenvalue weighted by atomic mass is 16.3. The molecule has 0 bridgehead atoms. The summed E-state index contributed by atoms with van der Waals surface area (Å²) in [5, 5.41) is 13.3. The Morgan fingerprint density at radius 2 is 1.80 bits per heavy atom. The van der Waals surface area contributed by atoms with Crippen molar-refractivity contribution in [2.24, 2.45) is 0 Å². The van der Waals surface area contributed by atoms with Crippen molar-refractivity contribution in [1.29, 1.82) is 0 Å². The highest BCUT2D eigenvalue weighted by Gasteiger charge is 2.18. The van der Waals surface area contributed by atoms with Crippen molar-refractivity contribution in [3.63, 3.8) is 0 Å². The van der Waals surface area contributed by atoms with Gasteiger partial charge in [-0.15, -0.1) is 0 Å². The Kier molecular flexibility index (Phi) is 5.44. The lowest BCUT2D eigenvalue weighted by molar-refractivity contribution is 0.245. The van der Waals surface area contributed by atoms with E-state index in [1.165, 1.54) is 31.2 Å². The Morgan fingerprint density at radius 3 is 2.40 bits per heavy atom. The van der Waals surface area contributed by atoms with Gasteiger partial charge in [0.1, 0.15) is 5.75 Å². The molecule has 1 saturated carbocycles. The van der Waals surface area contributed by atoms with Crippen molar-refractivity contribution in [2.75, 3.05) is 20.1 Å². The first kappa shape index (κ1) is 15.3. The van der Waals surface area contributed by atoms with Gasteiger partial charge in [0, 0.05) is 25.7 Å². The molecule has 0 aromatic heterocycles. The van der Waals surface area contributed by atoms with Crippen LogP contribution in [-0.2, 0) is 6.54 Å². The Morgan fingerprint density at radius 1 is 1.20 bits per heavy atom. The van der Waals surface area contributed by atoms with E-state index in [1.54, 1.807) is 0 Å². The van der Waals surface area contributed by atoms with Crippen LogP contribution in [0.5, 0.6) is 5.75 Å². The van der Waals surface area contributed by atoms with E-state index < -0.39 is 0 Å². The largest absolute Gasteiger partial charge is 0.507 e. The van der Waals surface area contributed by atoms with Gasteiger partial charge >= 0.3 is 0 Å². The van der Waals surface area contributed by atoms with Crippen LogP contribution < -0.4 is 5.32 Å². The smallest absolute Gasteiger partial charge is 0.121 e. The van der Waals surface area contributed by atoms with Crippen molar-refractivity contribution in [1.82, 2.24) is 10.2 Å². The first-order valence-electron chi connectivity index (χ1n) is 7.78. The van der Waals surface area contributed by atoms with Gasteiger partial charge in [0.2, 0.25) is 0 Å². The van der Waals surface area contributed by atoms with Gasteiger partial charge in [-0.3, -0.25) is 0 Å². The maximum absolute atomic E-state index is 9.77. The molecule has 0 saturated heterocycles. The second-order valence-corrected chi connectivity index (χ2v) is 6.17. The van der Waals surface area contributed by atoms with Crippen LogP contribution in [0, 0.1) is 13.8 Å². The van der Waals surface area contributed by atoms with Crippen LogP contribution in [0.25, 0.3) is 0 Å². The average molecular weight is 276 g/mol. The van der Waals surface area contributed by atoms with E-state index >= 15 is 0 Å². The summed E-state index contributed by atoms with van der Waals surface area (Å²) in [7, 11) is 2.24. The minimum Gasteiger partial charge on any atom is -0.507 e. The number of nitrogens with zero attached hydrogens (tertiary/aromatic N) is 1. The Bertz CT molecular complexity index is 416. The van der Waals surface area contributed by atoms with Crippen LogP contribution in [0.3, 0.4) is 0 Å². The number of hydrogen-bond donors (Lipinski definition) is 2. The van der Waals surface area contributed by atoms with Gasteiger partial charge in [-0.2, -0.15) is 0 Å². The summed E-state index contributed by atoms with van der Waals surface area (Å²) < 4.78 is 0. The Labute approximate surface area is 123 Å². The van der Waals surface area contributed by atoms with Crippen molar-refractivity contribution in [3.05, 3.63) is 28.8 Å². The van der Waals surface area contributed by atoms with E-state index in [0.717, 1.165) is 36.8 Å². The highest BCUT2D eigenvalue weighted by Crippen LogP contribution is 2.23. The summed E-state index contributed by atoms with van der Waals surface area (Å²) in [5.41, 5.74) is 3.18. The zero-order chi connectivity index (χ0) is 14.5. The molecule has 0 radical (unpaired) electrons. The number of hydrogen-bond acceptors (Lipinski definition) is 3. The van der Waals surface area contributed by atoms with Crippen molar-refractivity contribution in [2.45, 2.75) is 52.1 Å². The standard InChI is InChI=1S/C17H28N2O/c1-13-10-15(11-14(2)17(13)20)12-18-8-9-19(3)16-6-4-5-7-16/h10-11,16,18,20H,4-9,12H2,1-3H3. The summed E-state index contributed by atoms with van der Waals surface area (Å²) in [4.78, 5) is 2.49. The first-order valence-corrected chi connectivity index (χ1v) is 7.78. The first-order chi connectivity index (χ1) is 9.58. The molecule has 1 fully saturated rings. The number of benzene rings is 1. The number of aromatic hydroxyl groups is 1. The number of phenolic OH excluding ortho intramolecular Hbond substituents is 1. The maximum atomic E-state index is 9.77. The van der Waals surface area contributed by atoms with Gasteiger partial charge in [-0.1, -0.05) is 25.0 Å². The van der Waals surface area contributed by atoms with Crippen LogP contribution >= 0.6 is 0 Å². The monoisotopic (exact) mass is 276 g/mol. The highest BCUT2D eigenvalue weighted by molar-refractivity contribution is 5.42. The molecule has 1 aliphatic carbocycles. The third kappa shape index (κ3) is 3.97. The van der Waals surface area contributed by atoms with Gasteiger partial charge < -0.3 is 15.3 Å². The molecule has 3 heteroatoms. The van der Waals surface area contributed by atoms with Gasteiger partial charge in [0.25, 0.3) is 0 Å². The molecule has 1 aromatic carbocycles. The van der Waals surface area contributed by atoms with Gasteiger partial charge in [0.15, 0.2) is 0 Å². The molecule has 0 atom stereocenters. The van der Waals surface area contributed by atoms with Gasteiger partial charge in [-0.25, -0.2) is 0 Å². The van der Waals surface area contributed by atoms with E-state index in [0.29, 0.717) is 5.75 Å². The fourth-order valence-corrected chi connectivity index (χ4v) is 3.16. The molecule has 2 rings (SSSR count). The molecule has 0 aliphatic heterocycles. The zero-order valence-corrected chi connectivity index (χ0v) is 13.1. The lowest BCUT2D eigenvalue weighted by Gasteiger charge is -2.24. The lowest BCUT2D eigenvalue weighted by Crippen LogP contribution is -2.35. The molecule has 0 spiro atoms. The summed E-state index contributed by atoms with van der Waals surface area (Å²) >= 11 is 0. The molecule has 3 nitrogen and oxygen atoms in total. The fraction of sp³-hybridized carbons (Fsp3) is 0.647. The lowest BCUT2D eigenvalue weighted by atomic mass is 10.1. The topological polar surface area (TPSA) is 35.5 Å². The van der Waals surface area contributed by atoms with Crippen LogP contribution in [0.2, 0.25) is 0 Å². The Balaban J connectivity index is 1.73. The third-order valence-corrected chi connectivity index (χ3v) is 4.47. The molecular formula is C17H28N2O. The molecular weight excluding hydrogens is 248 g/mol. The zero-order valence-electron chi connectivity index (χ0n) is 13.1. The van der Waals surface area contributed by atoms with E-state index in [9.17, 15) is 5.11 Å². The van der Waals surface area contributed by atoms with E-state index in [-0.39, 0.29) is 0 Å². The molecule has 1 aliphatic rings. The minimum absolute atomic E-state index is 0.426. The predicted molar refractivity (Wildman–Crippen MR) is 84.2 cm³/mol. The number of likely N-dealkylation sites (N-methyl/N-ethyl adjacent to an activating group) is 1. The minimum atomic E-state index is 0.426. The van der Waals surface area contributed by atoms with Crippen molar-refractivity contribution >= 4 is 0 Å². The maximum Gasteiger partial charge on any atom is 0.121 e. The summed E-state index contributed by atoms with van der Waals surface area (Å²) in [6.45, 7) is 6.92. The SMILES string of the molecule is Cc1cc(CNCCN(C)C2CCCC2)cc(C)c1O. The number of phenols is 1. The number of rotatable bonds is 6. The molecule has 0 unspecified atom stereocenters. The van der Waals surface area contributed by atoms with Crippen LogP contribution in [-0.4, -0.2) is 36.2 Å². The predicted octanol–water partition coefficient (Wildman–Crippen LogP) is 2.97. The van der Waals surface area contributed by atoms with Crippen LogP contribution in [0.4, 0.5) is 0 Å². The second-order valence-electron chi connectivity index (χ2n) is 6.17. The van der Waals surface area contributed by atoms with Crippen molar-refractivity contribution < 1.29 is 5.11 Å². The summed E-state index contributed by atoms with van der Waals surface area (Å²) in [6, 6.07) is 4.93. The second kappa shape index (κ2) is 7.09. The van der Waals surface area contributed by atoms with Crippen LogP contribution in [0.15, 0.2) is 12.1 Å². The number of aryl methyl sites for hydroxylation is 2. The third-order valence-electron chi connectivity index (χ3n) is 4.47.